The number of anilines is 1. The SMILES string of the molecule is CCN(CC)c1ccc2c(c1)OC1=CC(C)C=CC1=C2c1ccccc1C(=O)N1CCNCC1. The van der Waals surface area contributed by atoms with Crippen LogP contribution in [0.15, 0.2) is 72.0 Å². The molecule has 0 saturated carbocycles. The van der Waals surface area contributed by atoms with Crippen molar-refractivity contribution in [2.24, 2.45) is 5.92 Å². The number of rotatable bonds is 5. The summed E-state index contributed by atoms with van der Waals surface area (Å²) in [5.74, 6) is 2.11. The molecule has 0 aromatic heterocycles. The number of piperazine rings is 1. The molecule has 1 amide bonds. The fraction of sp³-hybridized carbons (Fsp3) is 0.345. The van der Waals surface area contributed by atoms with Crippen LogP contribution in [0.2, 0.25) is 0 Å². The Labute approximate surface area is 202 Å². The summed E-state index contributed by atoms with van der Waals surface area (Å²) in [7, 11) is 0. The third-order valence-corrected chi connectivity index (χ3v) is 6.93. The number of carbonyl (C=O) groups is 1. The Kier molecular flexibility index (Phi) is 6.29. The summed E-state index contributed by atoms with van der Waals surface area (Å²) < 4.78 is 6.48. The van der Waals surface area contributed by atoms with Crippen molar-refractivity contribution in [1.29, 1.82) is 0 Å². The molecule has 1 fully saturated rings. The van der Waals surface area contributed by atoms with Crippen LogP contribution in [0.1, 0.15) is 42.3 Å². The van der Waals surface area contributed by atoms with Crippen LogP contribution in [0.25, 0.3) is 5.57 Å². The molecule has 1 unspecified atom stereocenters. The maximum atomic E-state index is 13.6. The molecule has 1 atom stereocenters. The summed E-state index contributed by atoms with van der Waals surface area (Å²) in [6.45, 7) is 11.5. The van der Waals surface area contributed by atoms with E-state index in [1.807, 2.05) is 23.1 Å². The molecule has 1 saturated heterocycles. The first kappa shape index (κ1) is 22.5. The second-order valence-electron chi connectivity index (χ2n) is 9.08. The minimum Gasteiger partial charge on any atom is -0.456 e. The lowest BCUT2D eigenvalue weighted by Gasteiger charge is -2.31. The van der Waals surface area contributed by atoms with Crippen LogP contribution in [0.3, 0.4) is 0 Å². The van der Waals surface area contributed by atoms with Crippen molar-refractivity contribution >= 4 is 17.2 Å². The van der Waals surface area contributed by atoms with Crippen LogP contribution in [0, 0.1) is 5.92 Å². The van der Waals surface area contributed by atoms with Crippen LogP contribution in [-0.4, -0.2) is 50.1 Å². The number of ether oxygens (including phenoxy) is 1. The third kappa shape index (κ3) is 4.05. The third-order valence-electron chi connectivity index (χ3n) is 6.93. The highest BCUT2D eigenvalue weighted by Crippen LogP contribution is 2.45. The Morgan fingerprint density at radius 1 is 1.09 bits per heavy atom. The van der Waals surface area contributed by atoms with E-state index in [9.17, 15) is 4.79 Å². The van der Waals surface area contributed by atoms with Crippen molar-refractivity contribution in [3.63, 3.8) is 0 Å². The van der Waals surface area contributed by atoms with Gasteiger partial charge in [-0.25, -0.2) is 0 Å². The van der Waals surface area contributed by atoms with E-state index < -0.39 is 0 Å². The van der Waals surface area contributed by atoms with Gasteiger partial charge in [0.1, 0.15) is 11.5 Å². The smallest absolute Gasteiger partial charge is 0.254 e. The lowest BCUT2D eigenvalue weighted by atomic mass is 9.84. The van der Waals surface area contributed by atoms with Gasteiger partial charge < -0.3 is 19.9 Å². The number of benzene rings is 2. The predicted molar refractivity (Wildman–Crippen MR) is 138 cm³/mol. The van der Waals surface area contributed by atoms with Gasteiger partial charge in [0.15, 0.2) is 0 Å². The van der Waals surface area contributed by atoms with E-state index in [1.54, 1.807) is 0 Å². The molecule has 176 valence electrons. The van der Waals surface area contributed by atoms with Gasteiger partial charge in [0.05, 0.1) is 0 Å². The van der Waals surface area contributed by atoms with E-state index in [1.165, 1.54) is 0 Å². The number of nitrogens with one attached hydrogen (secondary N) is 1. The second kappa shape index (κ2) is 9.51. The molecule has 2 aromatic rings. The number of amides is 1. The van der Waals surface area contributed by atoms with E-state index >= 15 is 0 Å². The first-order valence-corrected chi connectivity index (χ1v) is 12.4. The zero-order valence-corrected chi connectivity index (χ0v) is 20.3. The number of carbonyl (C=O) groups excluding carboxylic acids is 1. The minimum absolute atomic E-state index is 0.0942. The van der Waals surface area contributed by atoms with Gasteiger partial charge in [-0.1, -0.05) is 37.3 Å². The van der Waals surface area contributed by atoms with Crippen molar-refractivity contribution in [2.75, 3.05) is 44.2 Å². The van der Waals surface area contributed by atoms with Crippen LogP contribution >= 0.6 is 0 Å². The number of fused-ring (bicyclic) bond motifs is 2. The Morgan fingerprint density at radius 2 is 1.85 bits per heavy atom. The van der Waals surface area contributed by atoms with Crippen molar-refractivity contribution in [3.05, 3.63) is 88.7 Å². The van der Waals surface area contributed by atoms with Gasteiger partial charge in [-0.15, -0.1) is 0 Å². The molecule has 3 aliphatic rings. The van der Waals surface area contributed by atoms with Gasteiger partial charge in [0.25, 0.3) is 5.91 Å². The molecule has 2 heterocycles. The quantitative estimate of drug-likeness (QED) is 0.699. The molecule has 5 rings (SSSR count). The van der Waals surface area contributed by atoms with Gasteiger partial charge >= 0.3 is 0 Å². The summed E-state index contributed by atoms with van der Waals surface area (Å²) in [5, 5.41) is 3.34. The number of hydrogen-bond donors (Lipinski definition) is 1. The molecule has 1 aliphatic carbocycles. The second-order valence-corrected chi connectivity index (χ2v) is 9.08. The monoisotopic (exact) mass is 455 g/mol. The molecule has 5 nitrogen and oxygen atoms in total. The fourth-order valence-corrected chi connectivity index (χ4v) is 5.08. The van der Waals surface area contributed by atoms with Gasteiger partial charge in [0.2, 0.25) is 0 Å². The Bertz CT molecular complexity index is 1180. The molecular formula is C29H33N3O2. The summed E-state index contributed by atoms with van der Waals surface area (Å²) >= 11 is 0. The normalized spacial score (nSPS) is 19.2. The van der Waals surface area contributed by atoms with E-state index in [0.29, 0.717) is 5.92 Å². The number of nitrogens with zero attached hydrogens (tertiary/aromatic N) is 2. The molecular weight excluding hydrogens is 422 g/mol. The summed E-state index contributed by atoms with van der Waals surface area (Å²) in [4.78, 5) is 17.9. The Balaban J connectivity index is 1.67. The van der Waals surface area contributed by atoms with Crippen LogP contribution in [0.4, 0.5) is 5.69 Å². The summed E-state index contributed by atoms with van der Waals surface area (Å²) in [6, 6.07) is 14.5. The van der Waals surface area contributed by atoms with Crippen LogP contribution in [0.5, 0.6) is 5.75 Å². The van der Waals surface area contributed by atoms with E-state index in [4.69, 9.17) is 4.74 Å². The zero-order chi connectivity index (χ0) is 23.7. The summed E-state index contributed by atoms with van der Waals surface area (Å²) in [6.07, 6.45) is 6.52. The molecule has 0 spiro atoms. The van der Waals surface area contributed by atoms with Crippen LogP contribution in [-0.2, 0) is 0 Å². The van der Waals surface area contributed by atoms with Crippen LogP contribution < -0.4 is 15.0 Å². The average molecular weight is 456 g/mol. The first-order valence-electron chi connectivity index (χ1n) is 12.4. The standard InChI is InChI=1S/C29H33N3O2/c1-4-31(5-2)21-11-13-25-27(19-21)34-26-18-20(3)10-12-24(26)28(25)22-8-6-7-9-23(22)29(33)32-16-14-30-15-17-32/h6-13,18-20,30H,4-5,14-17H2,1-3H3. The topological polar surface area (TPSA) is 44.8 Å². The maximum Gasteiger partial charge on any atom is 0.254 e. The van der Waals surface area contributed by atoms with E-state index in [2.05, 4.69) is 73.5 Å². The molecule has 0 radical (unpaired) electrons. The van der Waals surface area contributed by atoms with Crippen molar-refractivity contribution < 1.29 is 9.53 Å². The van der Waals surface area contributed by atoms with Gasteiger partial charge in [-0.2, -0.15) is 0 Å². The highest BCUT2D eigenvalue weighted by atomic mass is 16.5. The lowest BCUT2D eigenvalue weighted by molar-refractivity contribution is 0.0735. The minimum atomic E-state index is 0.0942. The van der Waals surface area contributed by atoms with Crippen molar-refractivity contribution in [2.45, 2.75) is 20.8 Å². The van der Waals surface area contributed by atoms with Crippen molar-refractivity contribution in [3.8, 4) is 5.75 Å². The van der Waals surface area contributed by atoms with Gasteiger partial charge in [0, 0.05) is 73.3 Å². The summed E-state index contributed by atoms with van der Waals surface area (Å²) in [5.41, 5.74) is 6.01. The maximum absolute atomic E-state index is 13.6. The molecule has 2 aromatic carbocycles. The Morgan fingerprint density at radius 3 is 2.62 bits per heavy atom. The van der Waals surface area contributed by atoms with E-state index in [0.717, 1.165) is 84.3 Å². The highest BCUT2D eigenvalue weighted by Gasteiger charge is 2.30. The first-order chi connectivity index (χ1) is 16.6. The van der Waals surface area contributed by atoms with E-state index in [-0.39, 0.29) is 5.91 Å². The van der Waals surface area contributed by atoms with Gasteiger partial charge in [-0.3, -0.25) is 4.79 Å². The molecule has 2 aliphatic heterocycles. The molecule has 5 heteroatoms. The fourth-order valence-electron chi connectivity index (χ4n) is 5.08. The largest absolute Gasteiger partial charge is 0.456 e. The Hall–Kier alpha value is -3.31. The highest BCUT2D eigenvalue weighted by molar-refractivity contribution is 6.03. The number of hydrogen-bond acceptors (Lipinski definition) is 4. The number of allylic oxidation sites excluding steroid dienone is 3. The lowest BCUT2D eigenvalue weighted by Crippen LogP contribution is -2.46. The molecule has 1 N–H and O–H groups in total. The molecule has 0 bridgehead atoms. The average Bonchev–Trinajstić information content (AvgIpc) is 2.88. The predicted octanol–water partition coefficient (Wildman–Crippen LogP) is 4.86. The zero-order valence-electron chi connectivity index (χ0n) is 20.3. The van der Waals surface area contributed by atoms with Crippen molar-refractivity contribution in [1.82, 2.24) is 10.2 Å². The van der Waals surface area contributed by atoms with Gasteiger partial charge in [-0.05, 0) is 49.6 Å². The molecule has 34 heavy (non-hydrogen) atoms.